The second-order valence-corrected chi connectivity index (χ2v) is 3.43. The number of carbonyl (C=O) groups is 1. The van der Waals surface area contributed by atoms with Crippen molar-refractivity contribution >= 4 is 28.6 Å². The number of carboxylic acids is 1. The number of methoxy groups -OCH3 is 1. The molecule has 12 heavy (non-hydrogen) atoms. The number of rotatable bonds is 2. The summed E-state index contributed by atoms with van der Waals surface area (Å²) in [5, 5.41) is 8.67. The Balaban J connectivity index is 3.15. The molecule has 0 aromatic heterocycles. The van der Waals surface area contributed by atoms with Crippen molar-refractivity contribution < 1.29 is 14.6 Å². The molecule has 0 radical (unpaired) electrons. The highest BCUT2D eigenvalue weighted by Gasteiger charge is 2.05. The highest BCUT2D eigenvalue weighted by molar-refractivity contribution is 14.1. The molecule has 4 heteroatoms. The lowest BCUT2D eigenvalue weighted by atomic mass is 10.2. The number of aromatic carboxylic acids is 1. The van der Waals surface area contributed by atoms with E-state index in [0.717, 1.165) is 3.57 Å². The minimum Gasteiger partial charge on any atom is -0.497 e. The fourth-order valence-corrected chi connectivity index (χ4v) is 1.45. The molecule has 0 aliphatic rings. The van der Waals surface area contributed by atoms with Gasteiger partial charge in [0.1, 0.15) is 5.75 Å². The highest BCUT2D eigenvalue weighted by atomic mass is 127. The van der Waals surface area contributed by atoms with E-state index in [2.05, 4.69) is 0 Å². The summed E-state index contributed by atoms with van der Waals surface area (Å²) in [4.78, 5) is 10.6. The Labute approximate surface area is 83.5 Å². The van der Waals surface area contributed by atoms with Gasteiger partial charge >= 0.3 is 5.97 Å². The number of carboxylic acid groups (broad SMARTS) is 1. The molecule has 64 valence electrons. The average Bonchev–Trinajstić information content (AvgIpc) is 2.03. The summed E-state index contributed by atoms with van der Waals surface area (Å²) < 4.78 is 5.77. The maximum Gasteiger partial charge on any atom is 0.335 e. The van der Waals surface area contributed by atoms with Gasteiger partial charge in [0, 0.05) is 3.57 Å². The van der Waals surface area contributed by atoms with Crippen LogP contribution in [0.3, 0.4) is 0 Å². The zero-order chi connectivity index (χ0) is 9.14. The van der Waals surface area contributed by atoms with Crippen LogP contribution >= 0.6 is 22.6 Å². The van der Waals surface area contributed by atoms with E-state index in [4.69, 9.17) is 9.84 Å². The molecule has 1 rings (SSSR count). The molecular formula is C8H7IO3. The Hall–Kier alpha value is -0.780. The van der Waals surface area contributed by atoms with Gasteiger partial charge in [0.05, 0.1) is 12.7 Å². The lowest BCUT2D eigenvalue weighted by molar-refractivity contribution is 0.0696. The second kappa shape index (κ2) is 3.75. The van der Waals surface area contributed by atoms with Gasteiger partial charge in [-0.3, -0.25) is 0 Å². The Bertz CT molecular complexity index is 309. The third kappa shape index (κ3) is 2.10. The van der Waals surface area contributed by atoms with E-state index in [1.165, 1.54) is 13.2 Å². The molecule has 1 aromatic carbocycles. The molecule has 0 aliphatic heterocycles. The molecule has 0 bridgehead atoms. The lowest BCUT2D eigenvalue weighted by Crippen LogP contribution is -1.97. The number of benzene rings is 1. The Morgan fingerprint density at radius 3 is 2.67 bits per heavy atom. The molecule has 0 heterocycles. The van der Waals surface area contributed by atoms with E-state index in [-0.39, 0.29) is 5.56 Å². The van der Waals surface area contributed by atoms with Gasteiger partial charge in [0.25, 0.3) is 0 Å². The lowest BCUT2D eigenvalue weighted by Gasteiger charge is -2.01. The quantitative estimate of drug-likeness (QED) is 0.841. The molecule has 1 aromatic rings. The van der Waals surface area contributed by atoms with Crippen LogP contribution in [-0.4, -0.2) is 18.2 Å². The van der Waals surface area contributed by atoms with Crippen LogP contribution in [0, 0.1) is 3.57 Å². The summed E-state index contributed by atoms with van der Waals surface area (Å²) in [6, 6.07) is 4.85. The molecule has 3 nitrogen and oxygen atoms in total. The Morgan fingerprint density at radius 1 is 1.50 bits per heavy atom. The first-order valence-corrected chi connectivity index (χ1v) is 4.29. The SMILES string of the molecule is COc1cc(I)cc(C(=O)O)c1. The predicted molar refractivity (Wildman–Crippen MR) is 52.7 cm³/mol. The molecule has 0 fully saturated rings. The van der Waals surface area contributed by atoms with Crippen molar-refractivity contribution in [3.63, 3.8) is 0 Å². The minimum absolute atomic E-state index is 0.249. The predicted octanol–water partition coefficient (Wildman–Crippen LogP) is 2.00. The van der Waals surface area contributed by atoms with Gasteiger partial charge in [-0.05, 0) is 40.8 Å². The summed E-state index contributed by atoms with van der Waals surface area (Å²) in [6.07, 6.45) is 0. The first-order valence-electron chi connectivity index (χ1n) is 3.21. The topological polar surface area (TPSA) is 46.5 Å². The van der Waals surface area contributed by atoms with Gasteiger partial charge in [-0.25, -0.2) is 4.79 Å². The number of hydrogen-bond donors (Lipinski definition) is 1. The van der Waals surface area contributed by atoms with Crippen molar-refractivity contribution in [2.75, 3.05) is 7.11 Å². The maximum atomic E-state index is 10.6. The minimum atomic E-state index is -0.938. The van der Waals surface area contributed by atoms with Crippen LogP contribution in [0.2, 0.25) is 0 Å². The van der Waals surface area contributed by atoms with E-state index >= 15 is 0 Å². The van der Waals surface area contributed by atoms with Gasteiger partial charge in [0.15, 0.2) is 0 Å². The third-order valence-electron chi connectivity index (χ3n) is 1.35. The molecule has 0 amide bonds. The average molecular weight is 278 g/mol. The van der Waals surface area contributed by atoms with Gasteiger partial charge < -0.3 is 9.84 Å². The van der Waals surface area contributed by atoms with Gasteiger partial charge in [-0.15, -0.1) is 0 Å². The fraction of sp³-hybridized carbons (Fsp3) is 0.125. The van der Waals surface area contributed by atoms with Crippen molar-refractivity contribution in [1.29, 1.82) is 0 Å². The fourth-order valence-electron chi connectivity index (χ4n) is 0.804. The smallest absolute Gasteiger partial charge is 0.335 e. The van der Waals surface area contributed by atoms with Crippen LogP contribution in [0.25, 0.3) is 0 Å². The molecule has 0 aliphatic carbocycles. The first-order chi connectivity index (χ1) is 5.63. The van der Waals surface area contributed by atoms with Gasteiger partial charge in [0.2, 0.25) is 0 Å². The molecule has 0 atom stereocenters. The molecule has 0 saturated heterocycles. The van der Waals surface area contributed by atoms with Crippen LogP contribution in [0.5, 0.6) is 5.75 Å². The Kier molecular flexibility index (Phi) is 2.91. The van der Waals surface area contributed by atoms with Crippen molar-refractivity contribution in [3.05, 3.63) is 27.3 Å². The molecule has 1 N–H and O–H groups in total. The van der Waals surface area contributed by atoms with Crippen molar-refractivity contribution in [2.45, 2.75) is 0 Å². The van der Waals surface area contributed by atoms with Crippen LogP contribution in [0.15, 0.2) is 18.2 Å². The van der Waals surface area contributed by atoms with E-state index < -0.39 is 5.97 Å². The number of ether oxygens (including phenoxy) is 1. The zero-order valence-electron chi connectivity index (χ0n) is 6.37. The van der Waals surface area contributed by atoms with E-state index in [9.17, 15) is 4.79 Å². The van der Waals surface area contributed by atoms with Crippen LogP contribution < -0.4 is 4.74 Å². The number of halogens is 1. The second-order valence-electron chi connectivity index (χ2n) is 2.18. The van der Waals surface area contributed by atoms with Crippen molar-refractivity contribution in [3.8, 4) is 5.75 Å². The zero-order valence-corrected chi connectivity index (χ0v) is 8.53. The molecule has 0 unspecified atom stereocenters. The largest absolute Gasteiger partial charge is 0.497 e. The monoisotopic (exact) mass is 278 g/mol. The standard InChI is InChI=1S/C8H7IO3/c1-12-7-3-5(8(10)11)2-6(9)4-7/h2-4H,1H3,(H,10,11). The Morgan fingerprint density at radius 2 is 2.17 bits per heavy atom. The van der Waals surface area contributed by atoms with E-state index in [1.54, 1.807) is 12.1 Å². The summed E-state index contributed by atoms with van der Waals surface area (Å²) in [5.41, 5.74) is 0.249. The van der Waals surface area contributed by atoms with Crippen LogP contribution in [0.4, 0.5) is 0 Å². The van der Waals surface area contributed by atoms with Gasteiger partial charge in [-0.2, -0.15) is 0 Å². The van der Waals surface area contributed by atoms with Crippen molar-refractivity contribution in [1.82, 2.24) is 0 Å². The third-order valence-corrected chi connectivity index (χ3v) is 1.98. The summed E-state index contributed by atoms with van der Waals surface area (Å²) in [7, 11) is 1.51. The highest BCUT2D eigenvalue weighted by Crippen LogP contribution is 2.18. The molecule has 0 saturated carbocycles. The first kappa shape index (κ1) is 9.31. The van der Waals surface area contributed by atoms with E-state index in [1.807, 2.05) is 22.6 Å². The normalized spacial score (nSPS) is 9.50. The van der Waals surface area contributed by atoms with E-state index in [0.29, 0.717) is 5.75 Å². The number of hydrogen-bond acceptors (Lipinski definition) is 2. The summed E-state index contributed by atoms with van der Waals surface area (Å²) in [6.45, 7) is 0. The van der Waals surface area contributed by atoms with Crippen molar-refractivity contribution in [2.24, 2.45) is 0 Å². The van der Waals surface area contributed by atoms with Crippen LogP contribution in [0.1, 0.15) is 10.4 Å². The maximum absolute atomic E-state index is 10.6. The summed E-state index contributed by atoms with van der Waals surface area (Å²) >= 11 is 2.04. The summed E-state index contributed by atoms with van der Waals surface area (Å²) in [5.74, 6) is -0.369. The van der Waals surface area contributed by atoms with Gasteiger partial charge in [-0.1, -0.05) is 0 Å². The molecular weight excluding hydrogens is 271 g/mol. The molecule has 0 spiro atoms. The van der Waals surface area contributed by atoms with Crippen LogP contribution in [-0.2, 0) is 0 Å².